The first-order valence-corrected chi connectivity index (χ1v) is 8.01. The van der Waals surface area contributed by atoms with Gasteiger partial charge in [0.2, 0.25) is 0 Å². The van der Waals surface area contributed by atoms with E-state index in [9.17, 15) is 4.79 Å². The Balaban J connectivity index is 1.73. The van der Waals surface area contributed by atoms with Crippen LogP contribution in [-0.4, -0.2) is 24.6 Å². The summed E-state index contributed by atoms with van der Waals surface area (Å²) in [5, 5.41) is 3.57. The van der Waals surface area contributed by atoms with Crippen LogP contribution in [0.2, 0.25) is 0 Å². The number of nitrogens with one attached hydrogen (secondary N) is 1. The van der Waals surface area contributed by atoms with Gasteiger partial charge >= 0.3 is 5.97 Å². The lowest BCUT2D eigenvalue weighted by Crippen LogP contribution is -2.31. The van der Waals surface area contributed by atoms with Gasteiger partial charge in [0, 0.05) is 23.9 Å². The second-order valence-electron chi connectivity index (χ2n) is 6.10. The number of esters is 1. The molecule has 1 unspecified atom stereocenters. The summed E-state index contributed by atoms with van der Waals surface area (Å²) in [5.41, 5.74) is 4.16. The topological polar surface area (TPSA) is 51.2 Å². The third-order valence-electron chi connectivity index (χ3n) is 4.49. The number of carbonyl (C=O) groups excluding carboxylic acids is 1. The molecule has 2 heterocycles. The Labute approximate surface area is 136 Å². The number of aromatic nitrogens is 1. The van der Waals surface area contributed by atoms with Crippen LogP contribution in [0.15, 0.2) is 42.6 Å². The molecular formula is C19H22N2O2. The maximum absolute atomic E-state index is 11.5. The monoisotopic (exact) mass is 310 g/mol. The van der Waals surface area contributed by atoms with E-state index >= 15 is 0 Å². The van der Waals surface area contributed by atoms with Crippen LogP contribution in [-0.2, 0) is 4.74 Å². The summed E-state index contributed by atoms with van der Waals surface area (Å²) < 4.78 is 4.74. The van der Waals surface area contributed by atoms with Crippen molar-refractivity contribution in [3.63, 3.8) is 0 Å². The standard InChI is InChI=1S/C19H22N2O2/c1-13-3-8-17(21-12-13)16-9-10-20-18(11-16)14-4-6-15(7-5-14)19(22)23-2/h3-8,12,16,18,20H,9-11H2,1-2H3/t16?,18-/m0/s1. The van der Waals surface area contributed by atoms with Crippen LogP contribution in [0.3, 0.4) is 0 Å². The summed E-state index contributed by atoms with van der Waals surface area (Å²) >= 11 is 0. The van der Waals surface area contributed by atoms with Crippen molar-refractivity contribution in [2.45, 2.75) is 31.7 Å². The van der Waals surface area contributed by atoms with Crippen LogP contribution < -0.4 is 5.32 Å². The van der Waals surface area contributed by atoms with Crippen LogP contribution in [0.1, 0.15) is 52.0 Å². The van der Waals surface area contributed by atoms with Crippen molar-refractivity contribution < 1.29 is 9.53 Å². The zero-order chi connectivity index (χ0) is 16.2. The number of carbonyl (C=O) groups is 1. The number of aryl methyl sites for hydroxylation is 1. The van der Waals surface area contributed by atoms with Gasteiger partial charge in [-0.2, -0.15) is 0 Å². The molecule has 0 amide bonds. The van der Waals surface area contributed by atoms with E-state index in [0.717, 1.165) is 19.4 Å². The van der Waals surface area contributed by atoms with E-state index in [1.807, 2.05) is 30.5 Å². The van der Waals surface area contributed by atoms with E-state index in [-0.39, 0.29) is 5.97 Å². The van der Waals surface area contributed by atoms with Crippen LogP contribution >= 0.6 is 0 Å². The van der Waals surface area contributed by atoms with Crippen molar-refractivity contribution in [1.82, 2.24) is 10.3 Å². The number of pyridine rings is 1. The molecule has 3 rings (SSSR count). The van der Waals surface area contributed by atoms with Gasteiger partial charge in [0.1, 0.15) is 0 Å². The molecule has 4 nitrogen and oxygen atoms in total. The number of hydrogen-bond acceptors (Lipinski definition) is 4. The fourth-order valence-corrected chi connectivity index (χ4v) is 3.13. The van der Waals surface area contributed by atoms with Crippen molar-refractivity contribution in [2.24, 2.45) is 0 Å². The lowest BCUT2D eigenvalue weighted by atomic mass is 9.86. The molecule has 23 heavy (non-hydrogen) atoms. The molecule has 2 aromatic rings. The van der Waals surface area contributed by atoms with Gasteiger partial charge < -0.3 is 10.1 Å². The fraction of sp³-hybridized carbons (Fsp3) is 0.368. The number of hydrogen-bond donors (Lipinski definition) is 1. The SMILES string of the molecule is COC(=O)c1ccc([C@@H]2CC(c3ccc(C)cn3)CCN2)cc1. The molecule has 0 saturated carbocycles. The quantitative estimate of drug-likeness (QED) is 0.883. The third-order valence-corrected chi connectivity index (χ3v) is 4.49. The molecule has 1 fully saturated rings. The van der Waals surface area contributed by atoms with Crippen LogP contribution in [0, 0.1) is 6.92 Å². The molecular weight excluding hydrogens is 288 g/mol. The molecule has 0 aliphatic carbocycles. The second-order valence-corrected chi connectivity index (χ2v) is 6.10. The Bertz CT molecular complexity index is 665. The molecule has 2 atom stereocenters. The van der Waals surface area contributed by atoms with Crippen molar-refractivity contribution in [3.05, 3.63) is 65.0 Å². The summed E-state index contributed by atoms with van der Waals surface area (Å²) in [7, 11) is 1.40. The maximum atomic E-state index is 11.5. The first-order chi connectivity index (χ1) is 11.2. The lowest BCUT2D eigenvalue weighted by molar-refractivity contribution is 0.0600. The van der Waals surface area contributed by atoms with E-state index in [1.165, 1.54) is 23.9 Å². The van der Waals surface area contributed by atoms with Crippen LogP contribution in [0.4, 0.5) is 0 Å². The van der Waals surface area contributed by atoms with Crippen LogP contribution in [0.25, 0.3) is 0 Å². The normalized spacial score (nSPS) is 21.0. The predicted octanol–water partition coefficient (Wildman–Crippen LogP) is 3.38. The van der Waals surface area contributed by atoms with E-state index < -0.39 is 0 Å². The molecule has 4 heteroatoms. The average Bonchev–Trinajstić information content (AvgIpc) is 2.62. The molecule has 120 valence electrons. The molecule has 1 aliphatic heterocycles. The zero-order valence-corrected chi connectivity index (χ0v) is 13.6. The van der Waals surface area contributed by atoms with Gasteiger partial charge in [-0.25, -0.2) is 4.79 Å². The van der Waals surface area contributed by atoms with E-state index in [1.54, 1.807) is 0 Å². The highest BCUT2D eigenvalue weighted by atomic mass is 16.5. The van der Waals surface area contributed by atoms with Gasteiger partial charge in [-0.05, 0) is 55.6 Å². The molecule has 0 spiro atoms. The summed E-state index contributed by atoms with van der Waals surface area (Å²) in [4.78, 5) is 16.1. The number of methoxy groups -OCH3 is 1. The first kappa shape index (κ1) is 15.7. The lowest BCUT2D eigenvalue weighted by Gasteiger charge is -2.30. The molecule has 1 aliphatic rings. The molecule has 1 aromatic carbocycles. The van der Waals surface area contributed by atoms with Gasteiger partial charge in [0.05, 0.1) is 12.7 Å². The molecule has 1 saturated heterocycles. The highest BCUT2D eigenvalue weighted by Crippen LogP contribution is 2.33. The summed E-state index contributed by atoms with van der Waals surface area (Å²) in [6, 6.07) is 12.2. The molecule has 0 radical (unpaired) electrons. The van der Waals surface area contributed by atoms with Gasteiger partial charge in [0.15, 0.2) is 0 Å². The smallest absolute Gasteiger partial charge is 0.337 e. The van der Waals surface area contributed by atoms with Crippen molar-refractivity contribution in [3.8, 4) is 0 Å². The Kier molecular flexibility index (Phi) is 4.72. The van der Waals surface area contributed by atoms with E-state index in [0.29, 0.717) is 17.5 Å². The minimum Gasteiger partial charge on any atom is -0.465 e. The Morgan fingerprint density at radius 1 is 1.22 bits per heavy atom. The minimum atomic E-state index is -0.296. The number of nitrogens with zero attached hydrogens (tertiary/aromatic N) is 1. The van der Waals surface area contributed by atoms with Gasteiger partial charge in [-0.3, -0.25) is 4.98 Å². The fourth-order valence-electron chi connectivity index (χ4n) is 3.13. The van der Waals surface area contributed by atoms with Crippen LogP contribution in [0.5, 0.6) is 0 Å². The van der Waals surface area contributed by atoms with Gasteiger partial charge in [0.25, 0.3) is 0 Å². The largest absolute Gasteiger partial charge is 0.465 e. The molecule has 1 aromatic heterocycles. The van der Waals surface area contributed by atoms with Crippen molar-refractivity contribution in [2.75, 3.05) is 13.7 Å². The van der Waals surface area contributed by atoms with Gasteiger partial charge in [-0.15, -0.1) is 0 Å². The third kappa shape index (κ3) is 3.59. The van der Waals surface area contributed by atoms with Crippen molar-refractivity contribution >= 4 is 5.97 Å². The minimum absolute atomic E-state index is 0.295. The van der Waals surface area contributed by atoms with Gasteiger partial charge in [-0.1, -0.05) is 18.2 Å². The molecule has 1 N–H and O–H groups in total. The molecule has 0 bridgehead atoms. The second kappa shape index (κ2) is 6.92. The highest BCUT2D eigenvalue weighted by Gasteiger charge is 2.24. The number of rotatable bonds is 3. The average molecular weight is 310 g/mol. The Morgan fingerprint density at radius 3 is 2.65 bits per heavy atom. The predicted molar refractivity (Wildman–Crippen MR) is 89.5 cm³/mol. The summed E-state index contributed by atoms with van der Waals surface area (Å²) in [6.07, 6.45) is 4.07. The van der Waals surface area contributed by atoms with E-state index in [4.69, 9.17) is 4.74 Å². The highest BCUT2D eigenvalue weighted by molar-refractivity contribution is 5.89. The zero-order valence-electron chi connectivity index (χ0n) is 13.6. The number of piperidine rings is 1. The summed E-state index contributed by atoms with van der Waals surface area (Å²) in [5.74, 6) is 0.178. The number of ether oxygens (including phenoxy) is 1. The van der Waals surface area contributed by atoms with E-state index in [2.05, 4.69) is 29.4 Å². The summed E-state index contributed by atoms with van der Waals surface area (Å²) in [6.45, 7) is 3.04. The van der Waals surface area contributed by atoms with Crippen molar-refractivity contribution in [1.29, 1.82) is 0 Å². The Hall–Kier alpha value is -2.20. The maximum Gasteiger partial charge on any atom is 0.337 e. The number of benzene rings is 1. The first-order valence-electron chi connectivity index (χ1n) is 8.01. The Morgan fingerprint density at radius 2 is 2.00 bits per heavy atom.